The molecule has 1 aliphatic heterocycles. The van der Waals surface area contributed by atoms with Crippen molar-refractivity contribution in [2.24, 2.45) is 11.8 Å². The van der Waals surface area contributed by atoms with E-state index in [1.165, 1.54) is 98.8 Å². The lowest BCUT2D eigenvalue weighted by molar-refractivity contribution is -0.123. The second kappa shape index (κ2) is 34.8. The number of aromatic hydroxyl groups is 12. The zero-order chi connectivity index (χ0) is 97.0. The Bertz CT molecular complexity index is 7500. The van der Waals surface area contributed by atoms with Crippen molar-refractivity contribution in [3.63, 3.8) is 0 Å². The number of carbonyl (C=O) groups excluding carboxylic acids is 4. The summed E-state index contributed by atoms with van der Waals surface area (Å²) in [4.78, 5) is 136. The standard InChI is InChI=1S/2C20H18O8.C20H12O8.C20H16O7.C17H16O6/c2*1-9-2-10(21)4-14-17(9)19(25)18-15(28-14)5-12(23)7-20(18,26)8-13-3-11(22)6-16(24)27-13;1-7-2-11(23)17-18(15(7)13-5-9(22)6-14(25)28-13)19(26)10-3-8(21)4-12(24)16(10)20(17)27;1-8-2-11-17(15-6-10(22)7-16(25)27-15)12-4-9(21)5-14(24)19(12)20(26)18(11)13(23)3-8;1-9-3-11(18)6-13(22-9)5-10-4-12(19)7-15-16(10)14(20)8-17(2,21)23-15/h2*2-4,6,12,21-23,26H,5,7-8H2,1H3;2-6,21-24H,1H3;2-7,11,17-18,21-24H,1H3;3-4,6-7,19,21H,5,8H2,1-2H3/t12-,20+;12-,20-;;;17-/m00..0/s1. The number of Topliss-reactive ketones (excluding diaryl/α,β-unsaturated/α-hetero) is 2. The molecular formula is C97H80O37. The summed E-state index contributed by atoms with van der Waals surface area (Å²) in [6.07, 6.45) is 0.268. The van der Waals surface area contributed by atoms with Crippen LogP contribution >= 0.6 is 0 Å². The fraction of sp³-hybridized carbons (Fsp3) is 0.227. The van der Waals surface area contributed by atoms with Crippen molar-refractivity contribution in [2.75, 3.05) is 0 Å². The zero-order valence-corrected chi connectivity index (χ0v) is 71.1. The third-order valence-corrected chi connectivity index (χ3v) is 23.1. The van der Waals surface area contributed by atoms with Gasteiger partial charge in [0.2, 0.25) is 11.6 Å². The van der Waals surface area contributed by atoms with E-state index in [1.807, 2.05) is 0 Å². The number of hydrogen-bond acceptors (Lipinski definition) is 37. The van der Waals surface area contributed by atoms with Crippen LogP contribution < -0.4 is 43.5 Å². The molecule has 0 spiro atoms. The minimum Gasteiger partial charge on any atom is -0.512 e. The number of carbonyl (C=O) groups is 4. The molecule has 37 heteroatoms. The highest BCUT2D eigenvalue weighted by Crippen LogP contribution is 2.53. The lowest BCUT2D eigenvalue weighted by Crippen LogP contribution is -2.43. The van der Waals surface area contributed by atoms with E-state index >= 15 is 0 Å². The first-order valence-corrected chi connectivity index (χ1v) is 40.9. The normalized spacial score (nSPS) is 19.9. The van der Waals surface area contributed by atoms with Crippen molar-refractivity contribution in [3.8, 4) is 86.1 Å². The van der Waals surface area contributed by atoms with E-state index in [-0.39, 0.29) is 221 Å². The molecule has 0 saturated carbocycles. The third kappa shape index (κ3) is 18.1. The van der Waals surface area contributed by atoms with Gasteiger partial charge in [0.15, 0.2) is 33.6 Å². The summed E-state index contributed by atoms with van der Waals surface area (Å²) in [5.74, 6) is -9.36. The molecule has 19 rings (SSSR count). The molecule has 8 heterocycles. The monoisotopic (exact) mass is 1840 g/mol. The molecule has 6 aromatic carbocycles. The number of rotatable bonds is 8. The van der Waals surface area contributed by atoms with Crippen LogP contribution in [0, 0.1) is 39.5 Å². The van der Waals surface area contributed by atoms with Gasteiger partial charge < -0.3 is 128 Å². The van der Waals surface area contributed by atoms with Crippen LogP contribution in [-0.2, 0) is 43.3 Å². The maximum absolute atomic E-state index is 13.2. The van der Waals surface area contributed by atoms with Crippen LogP contribution in [0.4, 0.5) is 0 Å². The summed E-state index contributed by atoms with van der Waals surface area (Å²) in [5, 5.41) is 182. The molecule has 18 N–H and O–H groups in total. The molecule has 0 saturated heterocycles. The number of ketones is 4. The number of aliphatic hydroxyl groups is 6. The highest BCUT2D eigenvalue weighted by atomic mass is 16.6. The number of fused-ring (bicyclic) bond motifs is 9. The van der Waals surface area contributed by atoms with Crippen LogP contribution in [-0.4, -0.2) is 133 Å². The average molecular weight is 1840 g/mol. The second-order valence-electron chi connectivity index (χ2n) is 33.6. The van der Waals surface area contributed by atoms with Crippen molar-refractivity contribution in [1.82, 2.24) is 0 Å². The molecule has 0 bridgehead atoms. The highest BCUT2D eigenvalue weighted by Gasteiger charge is 2.50. The molecule has 7 aromatic heterocycles. The first kappa shape index (κ1) is 92.4. The van der Waals surface area contributed by atoms with Gasteiger partial charge in [-0.05, 0) is 105 Å². The number of benzene rings is 6. The number of phenolic OH excluding ortho intramolecular Hbond substituents is 8. The molecule has 5 aliphatic carbocycles. The van der Waals surface area contributed by atoms with E-state index in [4.69, 9.17) is 35.7 Å². The molecular weight excluding hydrogens is 1760 g/mol. The summed E-state index contributed by atoms with van der Waals surface area (Å²) in [6, 6.07) is 24.6. The van der Waals surface area contributed by atoms with Crippen molar-refractivity contribution < 1.29 is 147 Å². The fourth-order valence-corrected chi connectivity index (χ4v) is 18.3. The van der Waals surface area contributed by atoms with Gasteiger partial charge in [0, 0.05) is 141 Å². The molecule has 0 fully saturated rings. The Kier molecular flexibility index (Phi) is 24.0. The van der Waals surface area contributed by atoms with E-state index in [0.717, 1.165) is 48.5 Å². The Balaban J connectivity index is 0.000000128. The van der Waals surface area contributed by atoms with Gasteiger partial charge in [-0.25, -0.2) is 19.2 Å². The predicted molar refractivity (Wildman–Crippen MR) is 465 cm³/mol. The number of aryl methyl sites for hydroxylation is 4. The fourth-order valence-electron chi connectivity index (χ4n) is 18.3. The van der Waals surface area contributed by atoms with Crippen LogP contribution in [0.3, 0.4) is 0 Å². The van der Waals surface area contributed by atoms with Gasteiger partial charge in [-0.1, -0.05) is 11.6 Å². The molecule has 3 unspecified atom stereocenters. The number of allylic oxidation sites excluding steroid dienone is 4. The van der Waals surface area contributed by atoms with Gasteiger partial charge in [-0.15, -0.1) is 0 Å². The molecule has 0 amide bonds. The first-order valence-electron chi connectivity index (χ1n) is 40.9. The molecule has 134 heavy (non-hydrogen) atoms. The highest BCUT2D eigenvalue weighted by molar-refractivity contribution is 6.32. The number of hydrogen-bond donors (Lipinski definition) is 18. The Morgan fingerprint density at radius 3 is 1.43 bits per heavy atom. The Labute approximate surface area is 750 Å². The van der Waals surface area contributed by atoms with Crippen LogP contribution in [0.1, 0.15) is 171 Å². The minimum atomic E-state index is -1.87. The quantitative estimate of drug-likeness (QED) is 0.0673. The second-order valence-corrected chi connectivity index (χ2v) is 33.6. The van der Waals surface area contributed by atoms with E-state index in [2.05, 4.69) is 0 Å². The van der Waals surface area contributed by atoms with Crippen molar-refractivity contribution >= 4 is 45.1 Å². The van der Waals surface area contributed by atoms with Crippen LogP contribution in [0.25, 0.3) is 33.3 Å². The topological polar surface area (TPSA) is 653 Å². The largest absolute Gasteiger partial charge is 0.512 e. The maximum Gasteiger partial charge on any atom is 0.339 e. The van der Waals surface area contributed by atoms with Crippen LogP contribution in [0.15, 0.2) is 215 Å². The molecule has 0 radical (unpaired) electrons. The zero-order valence-electron chi connectivity index (χ0n) is 71.1. The van der Waals surface area contributed by atoms with Gasteiger partial charge >= 0.3 is 22.5 Å². The minimum absolute atomic E-state index is 0.0154. The van der Waals surface area contributed by atoms with Crippen molar-refractivity contribution in [2.45, 2.75) is 128 Å². The first-order chi connectivity index (χ1) is 63.0. The predicted octanol–water partition coefficient (Wildman–Crippen LogP) is 9.26. The summed E-state index contributed by atoms with van der Waals surface area (Å²) < 4.78 is 42.8. The molecule has 37 nitrogen and oxygen atoms in total. The SMILES string of the molecule is CC1=CC2C(C(=O)c3c(O)cc(O)cc3C2c2cc(O)cc(=O)o2)C(O)=C1.Cc1cc(=O)cc(Cc2cc(O)cc3c2C(=O)C[C@@](C)(O)O3)o1.Cc1cc(O)c2c(c1-c1cc(O)cc(=O)o1)C(=O)c1cc(O)cc(O)c1C2=O.Cc1cc(O)cc2oc3c(c(=O)c12)[C@@](O)(Cc1cc(O)cc(=O)o1)C[C@@H](O)C3.Cc1cc(O)cc2oc3c(c(=O)c12)[C@](O)(Cc1cc(O)cc(=O)o1)C[C@@H](O)C3. The number of phenols is 8. The summed E-state index contributed by atoms with van der Waals surface area (Å²) >= 11 is 0. The summed E-state index contributed by atoms with van der Waals surface area (Å²) in [7, 11) is 0. The Morgan fingerprint density at radius 2 is 0.896 bits per heavy atom. The molecule has 6 aliphatic rings. The Morgan fingerprint density at radius 1 is 0.410 bits per heavy atom. The average Bonchev–Trinajstić information content (AvgIpc) is 0.521. The molecule has 8 atom stereocenters. The van der Waals surface area contributed by atoms with E-state index in [1.54, 1.807) is 33.8 Å². The van der Waals surface area contributed by atoms with E-state index in [9.17, 15) is 145 Å². The van der Waals surface area contributed by atoms with Gasteiger partial charge in [-0.3, -0.25) is 33.6 Å². The molecule has 690 valence electrons. The smallest absolute Gasteiger partial charge is 0.339 e. The summed E-state index contributed by atoms with van der Waals surface area (Å²) in [5.41, 5.74) is -6.14. The van der Waals surface area contributed by atoms with Crippen LogP contribution in [0.2, 0.25) is 0 Å². The maximum atomic E-state index is 13.2. The van der Waals surface area contributed by atoms with Crippen molar-refractivity contribution in [3.05, 3.63) is 336 Å². The van der Waals surface area contributed by atoms with Gasteiger partial charge in [0.05, 0.1) is 98.9 Å². The van der Waals surface area contributed by atoms with E-state index < -0.39 is 126 Å². The number of aliphatic hydroxyl groups excluding tert-OH is 3. The van der Waals surface area contributed by atoms with Gasteiger partial charge in [0.1, 0.15) is 149 Å². The lowest BCUT2D eigenvalue weighted by atomic mass is 9.64. The van der Waals surface area contributed by atoms with Crippen molar-refractivity contribution in [1.29, 1.82) is 0 Å². The lowest BCUT2D eigenvalue weighted by Gasteiger charge is -2.38. The Hall–Kier alpha value is -16.4. The van der Waals surface area contributed by atoms with Gasteiger partial charge in [-0.2, -0.15) is 0 Å². The number of ether oxygens (including phenoxy) is 1. The van der Waals surface area contributed by atoms with Gasteiger partial charge in [0.25, 0.3) is 0 Å². The van der Waals surface area contributed by atoms with Crippen LogP contribution in [0.5, 0.6) is 74.7 Å². The van der Waals surface area contributed by atoms with E-state index in [0.29, 0.717) is 44.9 Å². The third-order valence-electron chi connectivity index (χ3n) is 23.1. The molecule has 13 aromatic rings. The summed E-state index contributed by atoms with van der Waals surface area (Å²) in [6.45, 7) is 9.59.